The summed E-state index contributed by atoms with van der Waals surface area (Å²) in [5, 5.41) is 6.69. The van der Waals surface area contributed by atoms with Gasteiger partial charge >= 0.3 is 0 Å². The van der Waals surface area contributed by atoms with Gasteiger partial charge in [0.2, 0.25) is 5.91 Å². The lowest BCUT2D eigenvalue weighted by Crippen LogP contribution is -2.36. The number of hydrogen-bond acceptors (Lipinski definition) is 4. The van der Waals surface area contributed by atoms with E-state index < -0.39 is 0 Å². The van der Waals surface area contributed by atoms with Crippen molar-refractivity contribution in [2.45, 2.75) is 13.5 Å². The monoisotopic (exact) mass is 313 g/mol. The summed E-state index contributed by atoms with van der Waals surface area (Å²) in [5.74, 6) is -0.0534. The SMILES string of the molecule is CCNCc1ccc(N(C)CC(=O)NCCOC)c(Cl)c1. The first-order valence-electron chi connectivity index (χ1n) is 7.04. The lowest BCUT2D eigenvalue weighted by Gasteiger charge is -2.20. The standard InChI is InChI=1S/C15H24ClN3O2/c1-4-17-10-12-5-6-14(13(16)9-12)19(2)11-15(20)18-7-8-21-3/h5-6,9,17H,4,7-8,10-11H2,1-3H3,(H,18,20). The number of likely N-dealkylation sites (N-methyl/N-ethyl adjacent to an activating group) is 1. The van der Waals surface area contributed by atoms with Crippen LogP contribution in [-0.2, 0) is 16.1 Å². The van der Waals surface area contributed by atoms with E-state index in [1.807, 2.05) is 30.1 Å². The maximum Gasteiger partial charge on any atom is 0.239 e. The highest BCUT2D eigenvalue weighted by Gasteiger charge is 2.10. The molecule has 0 aromatic heterocycles. The molecule has 5 nitrogen and oxygen atoms in total. The van der Waals surface area contributed by atoms with E-state index >= 15 is 0 Å². The van der Waals surface area contributed by atoms with Crippen LogP contribution in [0.2, 0.25) is 5.02 Å². The summed E-state index contributed by atoms with van der Waals surface area (Å²) in [6.07, 6.45) is 0. The molecular weight excluding hydrogens is 290 g/mol. The Morgan fingerprint density at radius 1 is 1.43 bits per heavy atom. The maximum atomic E-state index is 11.8. The van der Waals surface area contributed by atoms with Crippen molar-refractivity contribution in [1.29, 1.82) is 0 Å². The largest absolute Gasteiger partial charge is 0.383 e. The number of benzene rings is 1. The Hall–Kier alpha value is -1.30. The Balaban J connectivity index is 2.57. The lowest BCUT2D eigenvalue weighted by molar-refractivity contribution is -0.119. The van der Waals surface area contributed by atoms with Crippen molar-refractivity contribution in [3.63, 3.8) is 0 Å². The van der Waals surface area contributed by atoms with Crippen LogP contribution in [0.5, 0.6) is 0 Å². The second-order valence-electron chi connectivity index (χ2n) is 4.76. The van der Waals surface area contributed by atoms with E-state index in [4.69, 9.17) is 16.3 Å². The molecule has 0 heterocycles. The average molecular weight is 314 g/mol. The molecule has 21 heavy (non-hydrogen) atoms. The number of anilines is 1. The van der Waals surface area contributed by atoms with Gasteiger partial charge in [0.25, 0.3) is 0 Å². The molecule has 1 aromatic rings. The minimum atomic E-state index is -0.0534. The van der Waals surface area contributed by atoms with Crippen LogP contribution in [-0.4, -0.2) is 46.3 Å². The molecular formula is C15H24ClN3O2. The van der Waals surface area contributed by atoms with Crippen LogP contribution < -0.4 is 15.5 Å². The fourth-order valence-corrected chi connectivity index (χ4v) is 2.24. The van der Waals surface area contributed by atoms with Crippen LogP contribution >= 0.6 is 11.6 Å². The molecule has 0 atom stereocenters. The van der Waals surface area contributed by atoms with Gasteiger partial charge < -0.3 is 20.3 Å². The molecule has 1 aromatic carbocycles. The molecule has 0 fully saturated rings. The van der Waals surface area contributed by atoms with Crippen LogP contribution in [0.4, 0.5) is 5.69 Å². The molecule has 0 saturated carbocycles. The van der Waals surface area contributed by atoms with Gasteiger partial charge in [-0.15, -0.1) is 0 Å². The van der Waals surface area contributed by atoms with Crippen molar-refractivity contribution in [3.05, 3.63) is 28.8 Å². The summed E-state index contributed by atoms with van der Waals surface area (Å²) < 4.78 is 4.89. The minimum absolute atomic E-state index is 0.0534. The summed E-state index contributed by atoms with van der Waals surface area (Å²) in [4.78, 5) is 13.6. The van der Waals surface area contributed by atoms with Gasteiger partial charge in [0.1, 0.15) is 0 Å². The summed E-state index contributed by atoms with van der Waals surface area (Å²) in [6.45, 7) is 5.05. The predicted octanol–water partition coefficient (Wildman–Crippen LogP) is 1.65. The number of nitrogens with zero attached hydrogens (tertiary/aromatic N) is 1. The Kier molecular flexibility index (Phi) is 8.12. The van der Waals surface area contributed by atoms with Gasteiger partial charge in [0.05, 0.1) is 23.9 Å². The van der Waals surface area contributed by atoms with Gasteiger partial charge in [-0.25, -0.2) is 0 Å². The van der Waals surface area contributed by atoms with Gasteiger partial charge in [0.15, 0.2) is 0 Å². The van der Waals surface area contributed by atoms with Crippen molar-refractivity contribution >= 4 is 23.2 Å². The zero-order valence-electron chi connectivity index (χ0n) is 12.9. The topological polar surface area (TPSA) is 53.6 Å². The number of halogens is 1. The maximum absolute atomic E-state index is 11.8. The van der Waals surface area contributed by atoms with Gasteiger partial charge in [-0.1, -0.05) is 24.6 Å². The second kappa shape index (κ2) is 9.60. The normalized spacial score (nSPS) is 10.5. The number of nitrogens with one attached hydrogen (secondary N) is 2. The Morgan fingerprint density at radius 2 is 2.19 bits per heavy atom. The van der Waals surface area contributed by atoms with Crippen molar-refractivity contribution in [2.75, 3.05) is 45.3 Å². The fourth-order valence-electron chi connectivity index (χ4n) is 1.89. The number of hydrogen-bond donors (Lipinski definition) is 2. The van der Waals surface area contributed by atoms with Gasteiger partial charge in [-0.2, -0.15) is 0 Å². The van der Waals surface area contributed by atoms with E-state index in [1.54, 1.807) is 7.11 Å². The summed E-state index contributed by atoms with van der Waals surface area (Å²) >= 11 is 6.29. The Bertz CT molecular complexity index is 455. The molecule has 0 aliphatic carbocycles. The average Bonchev–Trinajstić information content (AvgIpc) is 2.45. The molecule has 0 spiro atoms. The Morgan fingerprint density at radius 3 is 2.81 bits per heavy atom. The van der Waals surface area contributed by atoms with Crippen molar-refractivity contribution in [2.24, 2.45) is 0 Å². The zero-order valence-corrected chi connectivity index (χ0v) is 13.7. The van der Waals surface area contributed by atoms with E-state index in [-0.39, 0.29) is 12.5 Å². The number of rotatable bonds is 9. The third kappa shape index (κ3) is 6.33. The van der Waals surface area contributed by atoms with E-state index in [2.05, 4.69) is 17.6 Å². The predicted molar refractivity (Wildman–Crippen MR) is 87.0 cm³/mol. The minimum Gasteiger partial charge on any atom is -0.383 e. The molecule has 0 aliphatic heterocycles. The molecule has 6 heteroatoms. The van der Waals surface area contributed by atoms with Crippen LogP contribution in [0.25, 0.3) is 0 Å². The highest BCUT2D eigenvalue weighted by atomic mass is 35.5. The molecule has 0 radical (unpaired) electrons. The number of amides is 1. The fraction of sp³-hybridized carbons (Fsp3) is 0.533. The summed E-state index contributed by atoms with van der Waals surface area (Å²) in [7, 11) is 3.45. The molecule has 2 N–H and O–H groups in total. The first kappa shape index (κ1) is 17.8. The van der Waals surface area contributed by atoms with Crippen LogP contribution in [0, 0.1) is 0 Å². The van der Waals surface area contributed by atoms with Crippen molar-refractivity contribution in [1.82, 2.24) is 10.6 Å². The molecule has 1 rings (SSSR count). The van der Waals surface area contributed by atoms with E-state index in [0.717, 1.165) is 24.3 Å². The molecule has 0 bridgehead atoms. The number of methoxy groups -OCH3 is 1. The highest BCUT2D eigenvalue weighted by Crippen LogP contribution is 2.25. The van der Waals surface area contributed by atoms with Crippen LogP contribution in [0.15, 0.2) is 18.2 Å². The van der Waals surface area contributed by atoms with Gasteiger partial charge in [0, 0.05) is 27.2 Å². The van der Waals surface area contributed by atoms with Crippen LogP contribution in [0.1, 0.15) is 12.5 Å². The van der Waals surface area contributed by atoms with Crippen LogP contribution in [0.3, 0.4) is 0 Å². The zero-order chi connectivity index (χ0) is 15.7. The second-order valence-corrected chi connectivity index (χ2v) is 5.17. The Labute approximate surface area is 131 Å². The van der Waals surface area contributed by atoms with E-state index in [9.17, 15) is 4.79 Å². The smallest absolute Gasteiger partial charge is 0.239 e. The number of ether oxygens (including phenoxy) is 1. The van der Waals surface area contributed by atoms with Crippen molar-refractivity contribution < 1.29 is 9.53 Å². The van der Waals surface area contributed by atoms with Gasteiger partial charge in [-0.05, 0) is 24.2 Å². The quantitative estimate of drug-likeness (QED) is 0.681. The number of carbonyl (C=O) groups is 1. The molecule has 1 amide bonds. The van der Waals surface area contributed by atoms with Crippen molar-refractivity contribution in [3.8, 4) is 0 Å². The number of carbonyl (C=O) groups excluding carboxylic acids is 1. The summed E-state index contributed by atoms with van der Waals surface area (Å²) in [6, 6.07) is 5.89. The molecule has 0 aliphatic rings. The first-order chi connectivity index (χ1) is 10.1. The molecule has 118 valence electrons. The summed E-state index contributed by atoms with van der Waals surface area (Å²) in [5.41, 5.74) is 1.97. The third-order valence-electron chi connectivity index (χ3n) is 3.01. The lowest BCUT2D eigenvalue weighted by atomic mass is 10.2. The van der Waals surface area contributed by atoms with Gasteiger partial charge in [-0.3, -0.25) is 4.79 Å². The van der Waals surface area contributed by atoms with E-state index in [1.165, 1.54) is 0 Å². The molecule has 0 saturated heterocycles. The molecule has 0 unspecified atom stereocenters. The first-order valence-corrected chi connectivity index (χ1v) is 7.42. The highest BCUT2D eigenvalue weighted by molar-refractivity contribution is 6.33. The van der Waals surface area contributed by atoms with E-state index in [0.29, 0.717) is 18.2 Å². The third-order valence-corrected chi connectivity index (χ3v) is 3.31.